The van der Waals surface area contributed by atoms with E-state index in [4.69, 9.17) is 0 Å². The van der Waals surface area contributed by atoms with Crippen LogP contribution in [0.3, 0.4) is 0 Å². The molecule has 0 radical (unpaired) electrons. The average molecular weight is 287 g/mol. The maximum atomic E-state index is 3.84. The van der Waals surface area contributed by atoms with Crippen molar-refractivity contribution in [1.82, 2.24) is 10.2 Å². The molecule has 0 saturated carbocycles. The number of nitrogens with zero attached hydrogens (tertiary/aromatic N) is 1. The molecule has 0 aromatic heterocycles. The van der Waals surface area contributed by atoms with E-state index in [9.17, 15) is 0 Å². The fourth-order valence-electron chi connectivity index (χ4n) is 3.16. The molecule has 1 rings (SSSR count). The Labute approximate surface area is 125 Å². The highest BCUT2D eigenvalue weighted by Crippen LogP contribution is 2.30. The van der Waals surface area contributed by atoms with Crippen LogP contribution in [0.5, 0.6) is 0 Å². The van der Waals surface area contributed by atoms with Crippen LogP contribution in [0, 0.1) is 5.92 Å². The minimum atomic E-state index is 0.438. The van der Waals surface area contributed by atoms with E-state index in [1.807, 2.05) is 11.8 Å². The number of likely N-dealkylation sites (tertiary alicyclic amines) is 1. The lowest BCUT2D eigenvalue weighted by Gasteiger charge is -2.38. The van der Waals surface area contributed by atoms with Crippen LogP contribution in [0.2, 0.25) is 0 Å². The van der Waals surface area contributed by atoms with E-state index in [0.717, 1.165) is 12.5 Å². The second kappa shape index (κ2) is 8.53. The van der Waals surface area contributed by atoms with Crippen molar-refractivity contribution in [3.05, 3.63) is 0 Å². The Kier molecular flexibility index (Phi) is 7.78. The van der Waals surface area contributed by atoms with E-state index in [1.54, 1.807) is 0 Å². The normalized spacial score (nSPS) is 23.5. The van der Waals surface area contributed by atoms with E-state index < -0.39 is 0 Å². The van der Waals surface area contributed by atoms with Gasteiger partial charge in [-0.2, -0.15) is 11.8 Å². The van der Waals surface area contributed by atoms with Gasteiger partial charge in [-0.25, -0.2) is 0 Å². The molecule has 1 saturated heterocycles. The van der Waals surface area contributed by atoms with Crippen molar-refractivity contribution in [2.75, 3.05) is 32.4 Å². The highest BCUT2D eigenvalue weighted by atomic mass is 32.2. The molecule has 1 fully saturated rings. The van der Waals surface area contributed by atoms with E-state index in [-0.39, 0.29) is 0 Å². The summed E-state index contributed by atoms with van der Waals surface area (Å²) in [6.07, 6.45) is 7.56. The first-order valence-corrected chi connectivity index (χ1v) is 9.34. The van der Waals surface area contributed by atoms with Crippen LogP contribution >= 0.6 is 11.8 Å². The molecule has 1 heterocycles. The summed E-state index contributed by atoms with van der Waals surface area (Å²) in [5.41, 5.74) is 0. The average Bonchev–Trinajstić information content (AvgIpc) is 2.49. The molecular formula is C16H34N2S. The van der Waals surface area contributed by atoms with Crippen LogP contribution in [-0.4, -0.2) is 48.1 Å². The Hall–Kier alpha value is 0.270. The van der Waals surface area contributed by atoms with E-state index in [1.165, 1.54) is 45.3 Å². The van der Waals surface area contributed by atoms with Crippen molar-refractivity contribution in [3.8, 4) is 0 Å². The molecule has 114 valence electrons. The minimum absolute atomic E-state index is 0.438. The monoisotopic (exact) mass is 286 g/mol. The van der Waals surface area contributed by atoms with Crippen LogP contribution in [0.15, 0.2) is 0 Å². The zero-order valence-electron chi connectivity index (χ0n) is 13.7. The maximum Gasteiger partial charge on any atom is 0.0276 e. The Morgan fingerprint density at radius 3 is 2.53 bits per heavy atom. The highest BCUT2D eigenvalue weighted by Gasteiger charge is 2.28. The van der Waals surface area contributed by atoms with Crippen molar-refractivity contribution < 1.29 is 0 Å². The first-order valence-electron chi connectivity index (χ1n) is 8.11. The van der Waals surface area contributed by atoms with Gasteiger partial charge >= 0.3 is 0 Å². The van der Waals surface area contributed by atoms with Gasteiger partial charge in [0.15, 0.2) is 0 Å². The lowest BCUT2D eigenvalue weighted by molar-refractivity contribution is 0.156. The van der Waals surface area contributed by atoms with E-state index in [0.29, 0.717) is 10.8 Å². The third-order valence-electron chi connectivity index (χ3n) is 5.16. The van der Waals surface area contributed by atoms with Gasteiger partial charge in [0.1, 0.15) is 0 Å². The van der Waals surface area contributed by atoms with Crippen LogP contribution < -0.4 is 5.32 Å². The molecule has 0 spiro atoms. The molecule has 0 aromatic carbocycles. The van der Waals surface area contributed by atoms with Crippen molar-refractivity contribution in [3.63, 3.8) is 0 Å². The van der Waals surface area contributed by atoms with Gasteiger partial charge in [0.05, 0.1) is 0 Å². The molecule has 1 N–H and O–H groups in total. The lowest BCUT2D eigenvalue weighted by Crippen LogP contribution is -2.48. The Bertz CT molecular complexity index is 233. The second-order valence-electron chi connectivity index (χ2n) is 6.06. The number of rotatable bonds is 8. The quantitative estimate of drug-likeness (QED) is 0.734. The van der Waals surface area contributed by atoms with Gasteiger partial charge < -0.3 is 10.2 Å². The molecule has 19 heavy (non-hydrogen) atoms. The van der Waals surface area contributed by atoms with Crippen molar-refractivity contribution in [2.45, 2.75) is 64.2 Å². The SMILES string of the molecule is CCN1CCCC(C(C)NCC(CC)(CC)SC)C1. The summed E-state index contributed by atoms with van der Waals surface area (Å²) < 4.78 is 0.438. The van der Waals surface area contributed by atoms with Gasteiger partial charge in [0.25, 0.3) is 0 Å². The molecule has 1 aliphatic heterocycles. The third kappa shape index (κ3) is 4.95. The van der Waals surface area contributed by atoms with Crippen LogP contribution in [0.1, 0.15) is 53.4 Å². The number of piperidine rings is 1. The largest absolute Gasteiger partial charge is 0.313 e. The molecule has 0 bridgehead atoms. The Balaban J connectivity index is 2.43. The molecule has 2 unspecified atom stereocenters. The van der Waals surface area contributed by atoms with Crippen LogP contribution in [0.4, 0.5) is 0 Å². The van der Waals surface area contributed by atoms with E-state index in [2.05, 4.69) is 44.2 Å². The zero-order valence-corrected chi connectivity index (χ0v) is 14.5. The van der Waals surface area contributed by atoms with Crippen molar-refractivity contribution in [2.24, 2.45) is 5.92 Å². The standard InChI is InChI=1S/C16H34N2S/c1-6-16(7-2,19-5)13-17-14(4)15-10-9-11-18(8-3)12-15/h14-15,17H,6-13H2,1-5H3. The molecule has 3 heteroatoms. The fourth-order valence-corrected chi connectivity index (χ4v) is 3.97. The summed E-state index contributed by atoms with van der Waals surface area (Å²) >= 11 is 2.04. The summed E-state index contributed by atoms with van der Waals surface area (Å²) in [6, 6.07) is 0.652. The molecular weight excluding hydrogens is 252 g/mol. The van der Waals surface area contributed by atoms with Gasteiger partial charge in [-0.1, -0.05) is 20.8 Å². The lowest BCUT2D eigenvalue weighted by atomic mass is 9.91. The smallest absolute Gasteiger partial charge is 0.0276 e. The number of thioether (sulfide) groups is 1. The molecule has 2 nitrogen and oxygen atoms in total. The van der Waals surface area contributed by atoms with Crippen LogP contribution in [0.25, 0.3) is 0 Å². The number of hydrogen-bond acceptors (Lipinski definition) is 3. The maximum absolute atomic E-state index is 3.84. The second-order valence-corrected chi connectivity index (χ2v) is 7.33. The topological polar surface area (TPSA) is 15.3 Å². The van der Waals surface area contributed by atoms with Gasteiger partial charge in [-0.15, -0.1) is 0 Å². The Morgan fingerprint density at radius 2 is 2.00 bits per heavy atom. The summed E-state index contributed by atoms with van der Waals surface area (Å²) in [7, 11) is 0. The fraction of sp³-hybridized carbons (Fsp3) is 1.00. The highest BCUT2D eigenvalue weighted by molar-refractivity contribution is 8.00. The number of hydrogen-bond donors (Lipinski definition) is 1. The first-order chi connectivity index (χ1) is 9.10. The Morgan fingerprint density at radius 1 is 1.32 bits per heavy atom. The molecule has 0 aliphatic carbocycles. The summed E-state index contributed by atoms with van der Waals surface area (Å²) in [4.78, 5) is 2.60. The third-order valence-corrected chi connectivity index (χ3v) is 6.75. The summed E-state index contributed by atoms with van der Waals surface area (Å²) in [5.74, 6) is 0.835. The summed E-state index contributed by atoms with van der Waals surface area (Å²) in [5, 5.41) is 3.84. The van der Waals surface area contributed by atoms with Gasteiger partial charge in [-0.3, -0.25) is 0 Å². The first kappa shape index (κ1) is 17.3. The van der Waals surface area contributed by atoms with Gasteiger partial charge in [-0.05, 0) is 57.9 Å². The number of nitrogens with one attached hydrogen (secondary N) is 1. The summed E-state index contributed by atoms with van der Waals surface area (Å²) in [6.45, 7) is 14.3. The van der Waals surface area contributed by atoms with Gasteiger partial charge in [0.2, 0.25) is 0 Å². The molecule has 1 aliphatic rings. The molecule has 2 atom stereocenters. The minimum Gasteiger partial charge on any atom is -0.313 e. The van der Waals surface area contributed by atoms with Gasteiger partial charge in [0, 0.05) is 23.9 Å². The zero-order chi connectivity index (χ0) is 14.3. The van der Waals surface area contributed by atoms with Crippen LogP contribution in [-0.2, 0) is 0 Å². The predicted octanol–water partition coefficient (Wildman–Crippen LogP) is 3.62. The van der Waals surface area contributed by atoms with Crippen molar-refractivity contribution >= 4 is 11.8 Å². The predicted molar refractivity (Wildman–Crippen MR) is 89.1 cm³/mol. The molecule has 0 aromatic rings. The molecule has 0 amide bonds. The van der Waals surface area contributed by atoms with E-state index >= 15 is 0 Å². The van der Waals surface area contributed by atoms with Crippen molar-refractivity contribution in [1.29, 1.82) is 0 Å².